The molecule has 0 aromatic heterocycles. The molecule has 0 fully saturated rings. The third-order valence-corrected chi connectivity index (χ3v) is 1.74. The van der Waals surface area contributed by atoms with Crippen LogP contribution in [0.1, 0.15) is 12.5 Å². The summed E-state index contributed by atoms with van der Waals surface area (Å²) in [6.45, 7) is 5.64. The third-order valence-electron chi connectivity index (χ3n) is 1.74. The van der Waals surface area contributed by atoms with Gasteiger partial charge in [-0.1, -0.05) is 0 Å². The maximum absolute atomic E-state index is 9.29. The smallest absolute Gasteiger partial charge is 0.123 e. The molecule has 1 aromatic rings. The first kappa shape index (κ1) is 10.9. The zero-order valence-corrected chi connectivity index (χ0v) is 8.62. The molecule has 0 unspecified atom stereocenters. The first-order chi connectivity index (χ1) is 6.72. The number of rotatable bonds is 5. The number of benzene rings is 1. The molecule has 0 saturated heterocycles. The molecule has 3 nitrogen and oxygen atoms in total. The highest BCUT2D eigenvalue weighted by Crippen LogP contribution is 2.20. The summed E-state index contributed by atoms with van der Waals surface area (Å²) in [6, 6.07) is 5.17. The topological polar surface area (TPSA) is 38.7 Å². The average molecular weight is 196 g/mol. The molecule has 1 rings (SSSR count). The van der Waals surface area contributed by atoms with Gasteiger partial charge in [-0.05, 0) is 31.5 Å². The van der Waals surface area contributed by atoms with E-state index in [1.165, 1.54) is 0 Å². The van der Waals surface area contributed by atoms with Gasteiger partial charge in [-0.3, -0.25) is 0 Å². The quantitative estimate of drug-likeness (QED) is 0.733. The lowest BCUT2D eigenvalue weighted by atomic mass is 10.2. The molecule has 1 N–H and O–H groups in total. The van der Waals surface area contributed by atoms with Gasteiger partial charge in [-0.15, -0.1) is 0 Å². The van der Waals surface area contributed by atoms with Crippen molar-refractivity contribution >= 4 is 0 Å². The van der Waals surface area contributed by atoms with Crippen molar-refractivity contribution in [3.05, 3.63) is 23.8 Å². The van der Waals surface area contributed by atoms with E-state index < -0.39 is 0 Å². The number of phenolic OH excluding ortho intramolecular Hbond substituents is 1. The van der Waals surface area contributed by atoms with Crippen molar-refractivity contribution in [3.63, 3.8) is 0 Å². The van der Waals surface area contributed by atoms with E-state index in [1.54, 1.807) is 12.1 Å². The minimum absolute atomic E-state index is 0.233. The lowest BCUT2D eigenvalue weighted by molar-refractivity contribution is 0.110. The van der Waals surface area contributed by atoms with Crippen LogP contribution in [0, 0.1) is 6.92 Å². The molecule has 0 aliphatic carbocycles. The van der Waals surface area contributed by atoms with Crippen LogP contribution in [0.15, 0.2) is 18.2 Å². The van der Waals surface area contributed by atoms with Gasteiger partial charge >= 0.3 is 0 Å². The zero-order valence-electron chi connectivity index (χ0n) is 8.62. The number of hydrogen-bond donors (Lipinski definition) is 1. The maximum atomic E-state index is 9.29. The minimum atomic E-state index is 0.233. The van der Waals surface area contributed by atoms with Gasteiger partial charge in [-0.2, -0.15) is 0 Å². The SMILES string of the molecule is CCOCCOc1cc(C)cc(O)c1. The Morgan fingerprint density at radius 1 is 1.21 bits per heavy atom. The second-order valence-corrected chi connectivity index (χ2v) is 3.05. The molecule has 0 bridgehead atoms. The van der Waals surface area contributed by atoms with Crippen LogP contribution in [-0.2, 0) is 4.74 Å². The van der Waals surface area contributed by atoms with Gasteiger partial charge in [0.1, 0.15) is 18.1 Å². The van der Waals surface area contributed by atoms with E-state index in [4.69, 9.17) is 9.47 Å². The van der Waals surface area contributed by atoms with Gasteiger partial charge in [0.25, 0.3) is 0 Å². The first-order valence-electron chi connectivity index (χ1n) is 4.73. The molecule has 78 valence electrons. The lowest BCUT2D eigenvalue weighted by Crippen LogP contribution is -2.06. The van der Waals surface area contributed by atoms with Crippen LogP contribution in [0.25, 0.3) is 0 Å². The Kier molecular flexibility index (Phi) is 4.26. The molecular weight excluding hydrogens is 180 g/mol. The predicted octanol–water partition coefficient (Wildman–Crippen LogP) is 2.12. The Hall–Kier alpha value is -1.22. The molecule has 0 aliphatic rings. The highest BCUT2D eigenvalue weighted by Gasteiger charge is 1.97. The molecule has 0 aliphatic heterocycles. The largest absolute Gasteiger partial charge is 0.508 e. The average Bonchev–Trinajstić information content (AvgIpc) is 2.11. The van der Waals surface area contributed by atoms with Crippen molar-refractivity contribution in [2.45, 2.75) is 13.8 Å². The van der Waals surface area contributed by atoms with E-state index in [0.29, 0.717) is 25.6 Å². The molecule has 0 radical (unpaired) electrons. The molecule has 14 heavy (non-hydrogen) atoms. The van der Waals surface area contributed by atoms with E-state index in [9.17, 15) is 5.11 Å². The monoisotopic (exact) mass is 196 g/mol. The van der Waals surface area contributed by atoms with Crippen LogP contribution in [0.2, 0.25) is 0 Å². The van der Waals surface area contributed by atoms with Crippen LogP contribution in [-0.4, -0.2) is 24.9 Å². The van der Waals surface area contributed by atoms with Gasteiger partial charge in [0.2, 0.25) is 0 Å². The van der Waals surface area contributed by atoms with Crippen molar-refractivity contribution < 1.29 is 14.6 Å². The fourth-order valence-corrected chi connectivity index (χ4v) is 1.17. The fraction of sp³-hybridized carbons (Fsp3) is 0.455. The van der Waals surface area contributed by atoms with Gasteiger partial charge in [0.05, 0.1) is 6.61 Å². The fourth-order valence-electron chi connectivity index (χ4n) is 1.17. The van der Waals surface area contributed by atoms with E-state index in [2.05, 4.69) is 0 Å². The van der Waals surface area contributed by atoms with Crippen molar-refractivity contribution in [1.29, 1.82) is 0 Å². The highest BCUT2D eigenvalue weighted by molar-refractivity contribution is 5.36. The van der Waals surface area contributed by atoms with E-state index in [0.717, 1.165) is 5.56 Å². The van der Waals surface area contributed by atoms with Crippen molar-refractivity contribution in [3.8, 4) is 11.5 Å². The van der Waals surface area contributed by atoms with E-state index >= 15 is 0 Å². The van der Waals surface area contributed by atoms with Gasteiger partial charge in [-0.25, -0.2) is 0 Å². The molecule has 0 spiro atoms. The Morgan fingerprint density at radius 3 is 2.64 bits per heavy atom. The normalized spacial score (nSPS) is 10.1. The van der Waals surface area contributed by atoms with E-state index in [-0.39, 0.29) is 5.75 Å². The minimum Gasteiger partial charge on any atom is -0.508 e. The molecule has 1 aromatic carbocycles. The van der Waals surface area contributed by atoms with Crippen molar-refractivity contribution in [2.24, 2.45) is 0 Å². The van der Waals surface area contributed by atoms with Crippen molar-refractivity contribution in [2.75, 3.05) is 19.8 Å². The summed E-state index contributed by atoms with van der Waals surface area (Å²) in [6.07, 6.45) is 0. The standard InChI is InChI=1S/C11H16O3/c1-3-13-4-5-14-11-7-9(2)6-10(12)8-11/h6-8,12H,3-5H2,1-2H3. The lowest BCUT2D eigenvalue weighted by Gasteiger charge is -2.07. The summed E-state index contributed by atoms with van der Waals surface area (Å²) in [5, 5.41) is 9.29. The number of aryl methyl sites for hydroxylation is 1. The van der Waals surface area contributed by atoms with Crippen LogP contribution in [0.4, 0.5) is 0 Å². The summed E-state index contributed by atoms with van der Waals surface area (Å²) < 4.78 is 10.5. The van der Waals surface area contributed by atoms with Gasteiger partial charge in [0, 0.05) is 12.7 Å². The highest BCUT2D eigenvalue weighted by atomic mass is 16.5. The molecule has 0 heterocycles. The molecular formula is C11H16O3. The Morgan fingerprint density at radius 2 is 2.00 bits per heavy atom. The number of ether oxygens (including phenoxy) is 2. The Labute approximate surface area is 84.3 Å². The second kappa shape index (κ2) is 5.50. The van der Waals surface area contributed by atoms with Crippen LogP contribution >= 0.6 is 0 Å². The van der Waals surface area contributed by atoms with Crippen LogP contribution in [0.5, 0.6) is 11.5 Å². The molecule has 3 heteroatoms. The third kappa shape index (κ3) is 3.66. The van der Waals surface area contributed by atoms with Gasteiger partial charge < -0.3 is 14.6 Å². The molecule has 0 atom stereocenters. The Balaban J connectivity index is 2.42. The summed E-state index contributed by atoms with van der Waals surface area (Å²) in [4.78, 5) is 0. The Bertz CT molecular complexity index is 264. The van der Waals surface area contributed by atoms with Crippen LogP contribution < -0.4 is 4.74 Å². The van der Waals surface area contributed by atoms with Crippen LogP contribution in [0.3, 0.4) is 0 Å². The second-order valence-electron chi connectivity index (χ2n) is 3.05. The summed E-state index contributed by atoms with van der Waals surface area (Å²) in [5.41, 5.74) is 0.983. The van der Waals surface area contributed by atoms with Crippen molar-refractivity contribution in [1.82, 2.24) is 0 Å². The first-order valence-corrected chi connectivity index (χ1v) is 4.73. The molecule has 0 saturated carbocycles. The number of phenols is 1. The van der Waals surface area contributed by atoms with Gasteiger partial charge in [0.15, 0.2) is 0 Å². The zero-order chi connectivity index (χ0) is 10.4. The predicted molar refractivity (Wildman–Crippen MR) is 54.8 cm³/mol. The maximum Gasteiger partial charge on any atom is 0.123 e. The summed E-state index contributed by atoms with van der Waals surface area (Å²) in [7, 11) is 0. The summed E-state index contributed by atoms with van der Waals surface area (Å²) >= 11 is 0. The number of hydrogen-bond acceptors (Lipinski definition) is 3. The van der Waals surface area contributed by atoms with E-state index in [1.807, 2.05) is 19.9 Å². The summed E-state index contributed by atoms with van der Waals surface area (Å²) in [5.74, 6) is 0.915. The molecule has 0 amide bonds. The number of aromatic hydroxyl groups is 1.